The molecule has 0 bridgehead atoms. The molecule has 4 heteroatoms. The summed E-state index contributed by atoms with van der Waals surface area (Å²) in [6.45, 7) is 3.80. The van der Waals surface area contributed by atoms with E-state index in [2.05, 4.69) is 12.2 Å². The molecule has 2 aromatic carbocycles. The Morgan fingerprint density at radius 1 is 1.18 bits per heavy atom. The lowest BCUT2D eigenvalue weighted by Gasteiger charge is -2.17. The van der Waals surface area contributed by atoms with Crippen molar-refractivity contribution in [3.63, 3.8) is 0 Å². The Kier molecular flexibility index (Phi) is 5.42. The van der Waals surface area contributed by atoms with Crippen molar-refractivity contribution in [1.29, 1.82) is 0 Å². The van der Waals surface area contributed by atoms with Gasteiger partial charge in [-0.25, -0.2) is 0 Å². The monoisotopic (exact) mass is 299 g/mol. The molecule has 22 heavy (non-hydrogen) atoms. The van der Waals surface area contributed by atoms with E-state index < -0.39 is 6.10 Å². The average molecular weight is 299 g/mol. The fourth-order valence-corrected chi connectivity index (χ4v) is 2.10. The van der Waals surface area contributed by atoms with Crippen LogP contribution in [0.15, 0.2) is 48.5 Å². The average Bonchev–Trinajstić information content (AvgIpc) is 2.55. The number of nitrogens with one attached hydrogen (secondary N) is 1. The first-order valence-electron chi connectivity index (χ1n) is 7.33. The number of anilines is 1. The molecule has 0 aliphatic heterocycles. The number of para-hydroxylation sites is 1. The van der Waals surface area contributed by atoms with E-state index in [1.807, 2.05) is 42.5 Å². The van der Waals surface area contributed by atoms with Crippen molar-refractivity contribution in [3.05, 3.63) is 54.1 Å². The normalized spacial score (nSPS) is 11.6. The van der Waals surface area contributed by atoms with Gasteiger partial charge in [0, 0.05) is 11.8 Å². The van der Waals surface area contributed by atoms with Gasteiger partial charge in [0.15, 0.2) is 6.10 Å². The first kappa shape index (κ1) is 15.9. The highest BCUT2D eigenvalue weighted by Gasteiger charge is 2.16. The molecule has 1 N–H and O–H groups in total. The molecule has 0 saturated carbocycles. The van der Waals surface area contributed by atoms with E-state index in [1.54, 1.807) is 20.1 Å². The van der Waals surface area contributed by atoms with E-state index in [9.17, 15) is 4.79 Å². The van der Waals surface area contributed by atoms with Crippen LogP contribution >= 0.6 is 0 Å². The standard InChI is InChI=1S/C18H21NO3/c1-4-14-8-5-6-11-17(14)22-13(2)18(20)19-15-9-7-10-16(12-15)21-3/h5-13H,4H2,1-3H3,(H,19,20)/t13-/m1/s1. The summed E-state index contributed by atoms with van der Waals surface area (Å²) >= 11 is 0. The van der Waals surface area contributed by atoms with E-state index in [-0.39, 0.29) is 5.91 Å². The van der Waals surface area contributed by atoms with Crippen LogP contribution in [0.3, 0.4) is 0 Å². The number of benzene rings is 2. The molecule has 1 amide bonds. The van der Waals surface area contributed by atoms with E-state index in [1.165, 1.54) is 0 Å². The van der Waals surface area contributed by atoms with Gasteiger partial charge in [0.2, 0.25) is 0 Å². The highest BCUT2D eigenvalue weighted by Crippen LogP contribution is 2.21. The summed E-state index contributed by atoms with van der Waals surface area (Å²) in [7, 11) is 1.59. The summed E-state index contributed by atoms with van der Waals surface area (Å²) in [4.78, 5) is 12.2. The predicted octanol–water partition coefficient (Wildman–Crippen LogP) is 3.66. The van der Waals surface area contributed by atoms with Crippen molar-refractivity contribution in [2.24, 2.45) is 0 Å². The smallest absolute Gasteiger partial charge is 0.265 e. The van der Waals surface area contributed by atoms with Crippen molar-refractivity contribution < 1.29 is 14.3 Å². The van der Waals surface area contributed by atoms with Gasteiger partial charge in [-0.15, -0.1) is 0 Å². The maximum atomic E-state index is 12.2. The Morgan fingerprint density at radius 3 is 2.68 bits per heavy atom. The second-order valence-corrected chi connectivity index (χ2v) is 4.94. The van der Waals surface area contributed by atoms with E-state index in [0.717, 1.165) is 17.7 Å². The summed E-state index contributed by atoms with van der Waals surface area (Å²) in [5.41, 5.74) is 1.77. The van der Waals surface area contributed by atoms with E-state index in [0.29, 0.717) is 11.4 Å². The topological polar surface area (TPSA) is 47.6 Å². The Hall–Kier alpha value is -2.49. The van der Waals surface area contributed by atoms with Gasteiger partial charge in [0.05, 0.1) is 7.11 Å². The minimum Gasteiger partial charge on any atom is -0.497 e. The van der Waals surface area contributed by atoms with Gasteiger partial charge in [-0.2, -0.15) is 0 Å². The molecular formula is C18H21NO3. The molecule has 4 nitrogen and oxygen atoms in total. The van der Waals surface area contributed by atoms with Crippen LogP contribution in [0.1, 0.15) is 19.4 Å². The third-order valence-corrected chi connectivity index (χ3v) is 3.36. The number of hydrogen-bond acceptors (Lipinski definition) is 3. The lowest BCUT2D eigenvalue weighted by molar-refractivity contribution is -0.122. The van der Waals surface area contributed by atoms with Gasteiger partial charge in [0.1, 0.15) is 11.5 Å². The molecule has 0 heterocycles. The molecule has 0 unspecified atom stereocenters. The van der Waals surface area contributed by atoms with Crippen molar-refractivity contribution >= 4 is 11.6 Å². The zero-order valence-electron chi connectivity index (χ0n) is 13.1. The van der Waals surface area contributed by atoms with Crippen molar-refractivity contribution in [3.8, 4) is 11.5 Å². The second-order valence-electron chi connectivity index (χ2n) is 4.94. The molecule has 0 fully saturated rings. The van der Waals surface area contributed by atoms with Gasteiger partial charge < -0.3 is 14.8 Å². The quantitative estimate of drug-likeness (QED) is 0.885. The Balaban J connectivity index is 2.02. The van der Waals surface area contributed by atoms with Gasteiger partial charge >= 0.3 is 0 Å². The molecular weight excluding hydrogens is 278 g/mol. The van der Waals surface area contributed by atoms with Gasteiger partial charge in [-0.3, -0.25) is 4.79 Å². The molecule has 2 rings (SSSR count). The molecule has 0 aromatic heterocycles. The summed E-state index contributed by atoms with van der Waals surface area (Å²) in [5.74, 6) is 1.25. The van der Waals surface area contributed by atoms with Crippen LogP contribution in [-0.2, 0) is 11.2 Å². The van der Waals surface area contributed by atoms with Crippen LogP contribution in [0.5, 0.6) is 11.5 Å². The number of rotatable bonds is 6. The number of hydrogen-bond donors (Lipinski definition) is 1. The maximum absolute atomic E-state index is 12.2. The molecule has 0 radical (unpaired) electrons. The van der Waals surface area contributed by atoms with Gasteiger partial charge in [0.25, 0.3) is 5.91 Å². The molecule has 0 saturated heterocycles. The van der Waals surface area contributed by atoms with E-state index in [4.69, 9.17) is 9.47 Å². The third-order valence-electron chi connectivity index (χ3n) is 3.36. The number of aryl methyl sites for hydroxylation is 1. The number of carbonyl (C=O) groups is 1. The molecule has 116 valence electrons. The van der Waals surface area contributed by atoms with Crippen molar-refractivity contribution in [2.75, 3.05) is 12.4 Å². The number of ether oxygens (including phenoxy) is 2. The van der Waals surface area contributed by atoms with Crippen LogP contribution < -0.4 is 14.8 Å². The largest absolute Gasteiger partial charge is 0.497 e. The van der Waals surface area contributed by atoms with Gasteiger partial charge in [-0.05, 0) is 37.1 Å². The summed E-state index contributed by atoms with van der Waals surface area (Å²) < 4.78 is 10.9. The highest BCUT2D eigenvalue weighted by atomic mass is 16.5. The third kappa shape index (κ3) is 4.01. The predicted molar refractivity (Wildman–Crippen MR) is 87.5 cm³/mol. The molecule has 0 spiro atoms. The number of carbonyl (C=O) groups excluding carboxylic acids is 1. The van der Waals surface area contributed by atoms with Crippen LogP contribution in [0.2, 0.25) is 0 Å². The Bertz CT molecular complexity index is 640. The summed E-state index contributed by atoms with van der Waals surface area (Å²) in [5, 5.41) is 2.83. The maximum Gasteiger partial charge on any atom is 0.265 e. The van der Waals surface area contributed by atoms with Crippen molar-refractivity contribution in [1.82, 2.24) is 0 Å². The summed E-state index contributed by atoms with van der Waals surface area (Å²) in [6, 6.07) is 15.0. The zero-order chi connectivity index (χ0) is 15.9. The van der Waals surface area contributed by atoms with Crippen molar-refractivity contribution in [2.45, 2.75) is 26.4 Å². The molecule has 1 atom stereocenters. The number of methoxy groups -OCH3 is 1. The molecule has 0 aliphatic carbocycles. The lowest BCUT2D eigenvalue weighted by atomic mass is 10.1. The van der Waals surface area contributed by atoms with E-state index >= 15 is 0 Å². The SMILES string of the molecule is CCc1ccccc1O[C@H](C)C(=O)Nc1cccc(OC)c1. The molecule has 0 aliphatic rings. The highest BCUT2D eigenvalue weighted by molar-refractivity contribution is 5.94. The fourth-order valence-electron chi connectivity index (χ4n) is 2.10. The van der Waals surface area contributed by atoms with Gasteiger partial charge in [-0.1, -0.05) is 31.2 Å². The first-order chi connectivity index (χ1) is 10.6. The lowest BCUT2D eigenvalue weighted by Crippen LogP contribution is -2.30. The van der Waals surface area contributed by atoms with Crippen LogP contribution in [0, 0.1) is 0 Å². The number of amides is 1. The van der Waals surface area contributed by atoms with Crippen LogP contribution in [0.25, 0.3) is 0 Å². The molecule has 2 aromatic rings. The Morgan fingerprint density at radius 2 is 1.95 bits per heavy atom. The summed E-state index contributed by atoms with van der Waals surface area (Å²) in [6.07, 6.45) is 0.277. The minimum atomic E-state index is -0.584. The Labute approximate surface area is 131 Å². The first-order valence-corrected chi connectivity index (χ1v) is 7.33. The zero-order valence-corrected chi connectivity index (χ0v) is 13.1. The van der Waals surface area contributed by atoms with Crippen LogP contribution in [0.4, 0.5) is 5.69 Å². The minimum absolute atomic E-state index is 0.195. The fraction of sp³-hybridized carbons (Fsp3) is 0.278. The second kappa shape index (κ2) is 7.50. The van der Waals surface area contributed by atoms with Crippen LogP contribution in [-0.4, -0.2) is 19.1 Å².